The molecule has 0 fully saturated rings. The summed E-state index contributed by atoms with van der Waals surface area (Å²) in [5, 5.41) is 2.94. The van der Waals surface area contributed by atoms with Crippen LogP contribution < -0.4 is 15.7 Å². The number of benzene rings is 2. The lowest BCUT2D eigenvalue weighted by Gasteiger charge is -2.21. The number of amides is 2. The summed E-state index contributed by atoms with van der Waals surface area (Å²) in [6.45, 7) is 3.15. The Morgan fingerprint density at radius 1 is 1.14 bits per heavy atom. The van der Waals surface area contributed by atoms with Gasteiger partial charge in [-0.1, -0.05) is 12.1 Å². The molecule has 3 aromatic rings. The summed E-state index contributed by atoms with van der Waals surface area (Å²) in [5.41, 5.74) is -0.534. The predicted octanol–water partition coefficient (Wildman–Crippen LogP) is 4.55. The van der Waals surface area contributed by atoms with Crippen LogP contribution in [0.25, 0.3) is 11.0 Å². The minimum atomic E-state index is -4.63. The van der Waals surface area contributed by atoms with Crippen LogP contribution in [-0.2, 0) is 22.2 Å². The van der Waals surface area contributed by atoms with Crippen molar-refractivity contribution in [1.82, 2.24) is 4.90 Å². The van der Waals surface area contributed by atoms with Crippen molar-refractivity contribution in [3.63, 3.8) is 0 Å². The van der Waals surface area contributed by atoms with E-state index in [2.05, 4.69) is 5.32 Å². The number of halogens is 3. The van der Waals surface area contributed by atoms with Gasteiger partial charge in [-0.25, -0.2) is 4.79 Å². The van der Waals surface area contributed by atoms with Crippen molar-refractivity contribution in [2.45, 2.75) is 32.9 Å². The summed E-state index contributed by atoms with van der Waals surface area (Å²) in [4.78, 5) is 38.9. The first kappa shape index (κ1) is 25.8. The van der Waals surface area contributed by atoms with E-state index in [1.54, 1.807) is 32.0 Å². The number of fused-ring (bicyclic) bond motifs is 1. The third-order valence-electron chi connectivity index (χ3n) is 5.66. The summed E-state index contributed by atoms with van der Waals surface area (Å²) in [5.74, 6) is -0.634. The van der Waals surface area contributed by atoms with Gasteiger partial charge in [0.1, 0.15) is 11.3 Å². The minimum Gasteiger partial charge on any atom is -0.497 e. The Hall–Kier alpha value is -3.82. The standard InChI is InChI=1S/C25H25F3N2O5/c1-4-30(14-22(31)29-20-8-6-5-7-19(20)25(26,27)28)23(32)12-11-18-15(2)17-10-9-16(34-3)13-21(17)35-24(18)33/h5-10,13H,4,11-12,14H2,1-3H3,(H,29,31). The summed E-state index contributed by atoms with van der Waals surface area (Å²) < 4.78 is 50.0. The molecule has 0 unspecified atom stereocenters. The highest BCUT2D eigenvalue weighted by atomic mass is 19.4. The van der Waals surface area contributed by atoms with Crippen LogP contribution in [-0.4, -0.2) is 36.9 Å². The molecule has 7 nitrogen and oxygen atoms in total. The third-order valence-corrected chi connectivity index (χ3v) is 5.66. The fourth-order valence-electron chi connectivity index (χ4n) is 3.76. The van der Waals surface area contributed by atoms with Gasteiger partial charge in [-0.05, 0) is 50.1 Å². The average molecular weight is 490 g/mol. The van der Waals surface area contributed by atoms with Gasteiger partial charge in [-0.2, -0.15) is 13.2 Å². The molecule has 0 aliphatic carbocycles. The molecule has 10 heteroatoms. The summed E-state index contributed by atoms with van der Waals surface area (Å²) in [6.07, 6.45) is -4.62. The maximum atomic E-state index is 13.2. The molecule has 0 atom stereocenters. The number of nitrogens with one attached hydrogen (secondary N) is 1. The van der Waals surface area contributed by atoms with Crippen LogP contribution >= 0.6 is 0 Å². The fraction of sp³-hybridized carbons (Fsp3) is 0.320. The Bertz CT molecular complexity index is 1300. The molecule has 1 heterocycles. The van der Waals surface area contributed by atoms with Crippen LogP contribution in [0.15, 0.2) is 51.7 Å². The molecular formula is C25H25F3N2O5. The lowest BCUT2D eigenvalue weighted by Crippen LogP contribution is -2.38. The molecule has 35 heavy (non-hydrogen) atoms. The second-order valence-corrected chi connectivity index (χ2v) is 7.85. The molecular weight excluding hydrogens is 465 g/mol. The van der Waals surface area contributed by atoms with Gasteiger partial charge in [0.25, 0.3) is 0 Å². The zero-order chi connectivity index (χ0) is 25.8. The topological polar surface area (TPSA) is 88.8 Å². The Morgan fingerprint density at radius 2 is 1.86 bits per heavy atom. The first-order valence-corrected chi connectivity index (χ1v) is 10.9. The third kappa shape index (κ3) is 6.00. The molecule has 2 aromatic carbocycles. The number of alkyl halides is 3. The number of carbonyl (C=O) groups excluding carboxylic acids is 2. The minimum absolute atomic E-state index is 0.0759. The van der Waals surface area contributed by atoms with Gasteiger partial charge >= 0.3 is 11.8 Å². The first-order valence-electron chi connectivity index (χ1n) is 10.9. The number of hydrogen-bond donors (Lipinski definition) is 1. The maximum absolute atomic E-state index is 13.2. The maximum Gasteiger partial charge on any atom is 0.418 e. The quantitative estimate of drug-likeness (QED) is 0.468. The highest BCUT2D eigenvalue weighted by Crippen LogP contribution is 2.34. The summed E-state index contributed by atoms with van der Waals surface area (Å²) in [7, 11) is 1.50. The number of methoxy groups -OCH3 is 1. The number of carbonyl (C=O) groups is 2. The van der Waals surface area contributed by atoms with Crippen molar-refractivity contribution in [1.29, 1.82) is 0 Å². The first-order chi connectivity index (χ1) is 16.5. The van der Waals surface area contributed by atoms with E-state index in [4.69, 9.17) is 9.15 Å². The van der Waals surface area contributed by atoms with E-state index < -0.39 is 35.7 Å². The molecule has 186 valence electrons. The van der Waals surface area contributed by atoms with E-state index in [0.29, 0.717) is 27.8 Å². The normalized spacial score (nSPS) is 11.4. The SMILES string of the molecule is CCN(CC(=O)Nc1ccccc1C(F)(F)F)C(=O)CCc1c(C)c2ccc(OC)cc2oc1=O. The smallest absolute Gasteiger partial charge is 0.418 e. The second-order valence-electron chi connectivity index (χ2n) is 7.85. The molecule has 0 saturated heterocycles. The number of hydrogen-bond acceptors (Lipinski definition) is 5. The molecule has 0 spiro atoms. The van der Waals surface area contributed by atoms with Gasteiger partial charge < -0.3 is 19.4 Å². The van der Waals surface area contributed by atoms with Gasteiger partial charge in [-0.15, -0.1) is 0 Å². The Morgan fingerprint density at radius 3 is 2.51 bits per heavy atom. The van der Waals surface area contributed by atoms with Gasteiger partial charge in [0.15, 0.2) is 0 Å². The number of anilines is 1. The van der Waals surface area contributed by atoms with Crippen molar-refractivity contribution in [2.75, 3.05) is 25.5 Å². The highest BCUT2D eigenvalue weighted by molar-refractivity contribution is 5.95. The van der Waals surface area contributed by atoms with E-state index in [9.17, 15) is 27.6 Å². The molecule has 1 N–H and O–H groups in total. The van der Waals surface area contributed by atoms with E-state index in [0.717, 1.165) is 12.1 Å². The van der Waals surface area contributed by atoms with Crippen molar-refractivity contribution in [2.24, 2.45) is 0 Å². The predicted molar refractivity (Wildman–Crippen MR) is 124 cm³/mol. The number of para-hydroxylation sites is 1. The average Bonchev–Trinajstić information content (AvgIpc) is 2.81. The Balaban J connectivity index is 1.69. The molecule has 2 amide bonds. The van der Waals surface area contributed by atoms with Crippen LogP contribution in [0.1, 0.15) is 30.0 Å². The lowest BCUT2D eigenvalue weighted by molar-refractivity contribution is -0.137. The van der Waals surface area contributed by atoms with Crippen molar-refractivity contribution in [3.05, 3.63) is 69.6 Å². The van der Waals surface area contributed by atoms with Gasteiger partial charge in [0.05, 0.1) is 24.9 Å². The van der Waals surface area contributed by atoms with Crippen LogP contribution in [0.5, 0.6) is 5.75 Å². The molecule has 0 bridgehead atoms. The summed E-state index contributed by atoms with van der Waals surface area (Å²) in [6, 6.07) is 9.72. The van der Waals surface area contributed by atoms with Gasteiger partial charge in [-0.3, -0.25) is 9.59 Å². The molecule has 3 rings (SSSR count). The van der Waals surface area contributed by atoms with Gasteiger partial charge in [0.2, 0.25) is 11.8 Å². The molecule has 0 aliphatic rings. The van der Waals surface area contributed by atoms with E-state index in [-0.39, 0.29) is 25.1 Å². The molecule has 1 aromatic heterocycles. The second kappa shape index (κ2) is 10.6. The van der Waals surface area contributed by atoms with E-state index in [1.165, 1.54) is 24.1 Å². The molecule has 0 radical (unpaired) electrons. The monoisotopic (exact) mass is 490 g/mol. The number of ether oxygens (including phenoxy) is 1. The van der Waals surface area contributed by atoms with Crippen LogP contribution in [0.3, 0.4) is 0 Å². The van der Waals surface area contributed by atoms with Crippen molar-refractivity contribution < 1.29 is 31.9 Å². The largest absolute Gasteiger partial charge is 0.497 e. The highest BCUT2D eigenvalue weighted by Gasteiger charge is 2.33. The van der Waals surface area contributed by atoms with Gasteiger partial charge in [0, 0.05) is 30.0 Å². The Labute approximate surface area is 199 Å². The van der Waals surface area contributed by atoms with Crippen LogP contribution in [0.4, 0.5) is 18.9 Å². The van der Waals surface area contributed by atoms with E-state index >= 15 is 0 Å². The molecule has 0 aliphatic heterocycles. The number of nitrogens with zero attached hydrogens (tertiary/aromatic N) is 1. The zero-order valence-electron chi connectivity index (χ0n) is 19.5. The lowest BCUT2D eigenvalue weighted by atomic mass is 10.0. The van der Waals surface area contributed by atoms with Crippen molar-refractivity contribution in [3.8, 4) is 5.75 Å². The number of aryl methyl sites for hydroxylation is 1. The van der Waals surface area contributed by atoms with E-state index in [1.807, 2.05) is 0 Å². The van der Waals surface area contributed by atoms with Crippen LogP contribution in [0, 0.1) is 6.92 Å². The zero-order valence-corrected chi connectivity index (χ0v) is 19.5. The van der Waals surface area contributed by atoms with Crippen LogP contribution in [0.2, 0.25) is 0 Å². The number of likely N-dealkylation sites (N-methyl/N-ethyl adjacent to an activating group) is 1. The molecule has 0 saturated carbocycles. The Kier molecular flexibility index (Phi) is 7.83. The summed E-state index contributed by atoms with van der Waals surface area (Å²) >= 11 is 0. The van der Waals surface area contributed by atoms with Crippen molar-refractivity contribution >= 4 is 28.5 Å². The fourth-order valence-corrected chi connectivity index (χ4v) is 3.76. The number of rotatable bonds is 8.